The van der Waals surface area contributed by atoms with E-state index in [4.69, 9.17) is 0 Å². The molecule has 5 nitrogen and oxygen atoms in total. The molecule has 2 heterocycles. The second-order valence-electron chi connectivity index (χ2n) is 8.65. The maximum absolute atomic E-state index is 12.6. The SMILES string of the molecule is CC1CCN(C(=O)c2ccc(NC(=O)C3CC4CCCCC4N3)cc2)CC1. The predicted molar refractivity (Wildman–Crippen MR) is 107 cm³/mol. The molecule has 0 spiro atoms. The number of anilines is 1. The minimum absolute atomic E-state index is 0.0495. The molecule has 0 radical (unpaired) electrons. The Labute approximate surface area is 161 Å². The number of carbonyl (C=O) groups is 2. The molecule has 3 atom stereocenters. The van der Waals surface area contributed by atoms with Crippen molar-refractivity contribution in [3.63, 3.8) is 0 Å². The van der Waals surface area contributed by atoms with Gasteiger partial charge in [-0.25, -0.2) is 0 Å². The number of piperidine rings is 1. The number of hydrogen-bond acceptors (Lipinski definition) is 3. The Bertz CT molecular complexity index is 665. The number of likely N-dealkylation sites (tertiary alicyclic amines) is 1. The standard InChI is InChI=1S/C22H31N3O2/c1-15-10-12-25(13-11-15)22(27)16-6-8-18(9-7-16)23-21(26)20-14-17-4-2-3-5-19(17)24-20/h6-9,15,17,19-20,24H,2-5,10-14H2,1H3,(H,23,26). The topological polar surface area (TPSA) is 61.4 Å². The van der Waals surface area contributed by atoms with Gasteiger partial charge in [0, 0.05) is 30.4 Å². The lowest BCUT2D eigenvalue weighted by molar-refractivity contribution is -0.117. The number of benzene rings is 1. The first-order valence-electron chi connectivity index (χ1n) is 10.6. The first kappa shape index (κ1) is 18.5. The summed E-state index contributed by atoms with van der Waals surface area (Å²) in [4.78, 5) is 27.2. The highest BCUT2D eigenvalue weighted by molar-refractivity contribution is 5.97. The average Bonchev–Trinajstić information content (AvgIpc) is 3.13. The molecule has 4 rings (SSSR count). The number of hydrogen-bond donors (Lipinski definition) is 2. The summed E-state index contributed by atoms with van der Waals surface area (Å²) in [5.74, 6) is 1.51. The lowest BCUT2D eigenvalue weighted by atomic mass is 9.85. The minimum Gasteiger partial charge on any atom is -0.339 e. The third kappa shape index (κ3) is 4.18. The van der Waals surface area contributed by atoms with E-state index >= 15 is 0 Å². The normalized spacial score (nSPS) is 28.6. The molecule has 1 aromatic carbocycles. The average molecular weight is 370 g/mol. The molecule has 1 aliphatic carbocycles. The predicted octanol–water partition coefficient (Wildman–Crippen LogP) is 3.42. The number of amides is 2. The Balaban J connectivity index is 1.32. The summed E-state index contributed by atoms with van der Waals surface area (Å²) in [5.41, 5.74) is 1.47. The van der Waals surface area contributed by atoms with Crippen LogP contribution in [0.1, 0.15) is 62.2 Å². The zero-order valence-electron chi connectivity index (χ0n) is 16.2. The fourth-order valence-electron chi connectivity index (χ4n) is 4.84. The van der Waals surface area contributed by atoms with Crippen LogP contribution in [0.3, 0.4) is 0 Å². The third-order valence-electron chi connectivity index (χ3n) is 6.65. The molecule has 3 unspecified atom stereocenters. The van der Waals surface area contributed by atoms with Crippen molar-refractivity contribution in [3.8, 4) is 0 Å². The minimum atomic E-state index is -0.0882. The molecule has 1 aromatic rings. The summed E-state index contributed by atoms with van der Waals surface area (Å²) in [6, 6.07) is 7.78. The summed E-state index contributed by atoms with van der Waals surface area (Å²) in [6.45, 7) is 3.93. The van der Waals surface area contributed by atoms with Crippen LogP contribution in [-0.2, 0) is 4.79 Å². The van der Waals surface area contributed by atoms with E-state index in [1.165, 1.54) is 25.7 Å². The van der Waals surface area contributed by atoms with Crippen molar-refractivity contribution in [2.75, 3.05) is 18.4 Å². The lowest BCUT2D eigenvalue weighted by Crippen LogP contribution is -2.40. The van der Waals surface area contributed by atoms with Crippen molar-refractivity contribution in [3.05, 3.63) is 29.8 Å². The van der Waals surface area contributed by atoms with E-state index in [2.05, 4.69) is 17.6 Å². The number of nitrogens with one attached hydrogen (secondary N) is 2. The molecule has 27 heavy (non-hydrogen) atoms. The van der Waals surface area contributed by atoms with Crippen molar-refractivity contribution >= 4 is 17.5 Å². The number of fused-ring (bicyclic) bond motifs is 1. The van der Waals surface area contributed by atoms with Gasteiger partial charge in [-0.15, -0.1) is 0 Å². The van der Waals surface area contributed by atoms with Crippen molar-refractivity contribution in [1.82, 2.24) is 10.2 Å². The summed E-state index contributed by atoms with van der Waals surface area (Å²) < 4.78 is 0. The molecule has 146 valence electrons. The fraction of sp³-hybridized carbons (Fsp3) is 0.636. The van der Waals surface area contributed by atoms with E-state index in [0.717, 1.165) is 38.0 Å². The summed E-state index contributed by atoms with van der Waals surface area (Å²) in [6.07, 6.45) is 8.11. The Morgan fingerprint density at radius 2 is 1.74 bits per heavy atom. The van der Waals surface area contributed by atoms with Gasteiger partial charge in [0.15, 0.2) is 0 Å². The highest BCUT2D eigenvalue weighted by Gasteiger charge is 2.38. The quantitative estimate of drug-likeness (QED) is 0.858. The molecule has 0 bridgehead atoms. The van der Waals surface area contributed by atoms with Crippen LogP contribution in [-0.4, -0.2) is 41.9 Å². The van der Waals surface area contributed by atoms with Gasteiger partial charge >= 0.3 is 0 Å². The van der Waals surface area contributed by atoms with Gasteiger partial charge in [-0.3, -0.25) is 9.59 Å². The highest BCUT2D eigenvalue weighted by Crippen LogP contribution is 2.33. The summed E-state index contributed by atoms with van der Waals surface area (Å²) in [7, 11) is 0. The van der Waals surface area contributed by atoms with Crippen LogP contribution < -0.4 is 10.6 Å². The van der Waals surface area contributed by atoms with Crippen LogP contribution >= 0.6 is 0 Å². The van der Waals surface area contributed by atoms with E-state index in [-0.39, 0.29) is 17.9 Å². The van der Waals surface area contributed by atoms with Gasteiger partial charge < -0.3 is 15.5 Å². The number of rotatable bonds is 3. The molecular weight excluding hydrogens is 338 g/mol. The van der Waals surface area contributed by atoms with Crippen LogP contribution in [0.15, 0.2) is 24.3 Å². The Morgan fingerprint density at radius 3 is 2.44 bits per heavy atom. The Morgan fingerprint density at radius 1 is 1.04 bits per heavy atom. The van der Waals surface area contributed by atoms with Gasteiger partial charge in [0.2, 0.25) is 5.91 Å². The van der Waals surface area contributed by atoms with E-state index < -0.39 is 0 Å². The van der Waals surface area contributed by atoms with Gasteiger partial charge in [-0.05, 0) is 68.2 Å². The van der Waals surface area contributed by atoms with Crippen molar-refractivity contribution in [2.45, 2.75) is 64.0 Å². The van der Waals surface area contributed by atoms with Crippen molar-refractivity contribution in [2.24, 2.45) is 11.8 Å². The second-order valence-corrected chi connectivity index (χ2v) is 8.65. The molecule has 5 heteroatoms. The Kier molecular flexibility index (Phi) is 5.48. The van der Waals surface area contributed by atoms with Crippen molar-refractivity contribution < 1.29 is 9.59 Å². The van der Waals surface area contributed by atoms with Crippen LogP contribution in [0.5, 0.6) is 0 Å². The van der Waals surface area contributed by atoms with E-state index in [1.807, 2.05) is 29.2 Å². The number of nitrogens with zero attached hydrogens (tertiary/aromatic N) is 1. The molecule has 2 aliphatic heterocycles. The molecule has 3 fully saturated rings. The molecule has 1 saturated carbocycles. The highest BCUT2D eigenvalue weighted by atomic mass is 16.2. The monoisotopic (exact) mass is 369 g/mol. The van der Waals surface area contributed by atoms with Gasteiger partial charge in [-0.1, -0.05) is 19.8 Å². The van der Waals surface area contributed by atoms with Gasteiger partial charge in [-0.2, -0.15) is 0 Å². The Hall–Kier alpha value is -1.88. The smallest absolute Gasteiger partial charge is 0.253 e. The summed E-state index contributed by atoms with van der Waals surface area (Å²) in [5, 5.41) is 6.53. The first-order chi connectivity index (χ1) is 13.1. The van der Waals surface area contributed by atoms with E-state index in [9.17, 15) is 9.59 Å². The van der Waals surface area contributed by atoms with Gasteiger partial charge in [0.25, 0.3) is 5.91 Å². The zero-order valence-corrected chi connectivity index (χ0v) is 16.2. The largest absolute Gasteiger partial charge is 0.339 e. The maximum Gasteiger partial charge on any atom is 0.253 e. The summed E-state index contributed by atoms with van der Waals surface area (Å²) >= 11 is 0. The maximum atomic E-state index is 12.6. The third-order valence-corrected chi connectivity index (χ3v) is 6.65. The molecule has 3 aliphatic rings. The van der Waals surface area contributed by atoms with Crippen LogP contribution in [0.4, 0.5) is 5.69 Å². The molecule has 2 N–H and O–H groups in total. The zero-order chi connectivity index (χ0) is 18.8. The molecule has 2 amide bonds. The van der Waals surface area contributed by atoms with E-state index in [1.54, 1.807) is 0 Å². The molecule has 2 saturated heterocycles. The molecule has 0 aromatic heterocycles. The first-order valence-corrected chi connectivity index (χ1v) is 10.6. The number of carbonyl (C=O) groups excluding carboxylic acids is 2. The van der Waals surface area contributed by atoms with E-state index in [0.29, 0.717) is 23.4 Å². The van der Waals surface area contributed by atoms with Gasteiger partial charge in [0.05, 0.1) is 6.04 Å². The lowest BCUT2D eigenvalue weighted by Gasteiger charge is -2.30. The van der Waals surface area contributed by atoms with Crippen molar-refractivity contribution in [1.29, 1.82) is 0 Å². The molecular formula is C22H31N3O2. The van der Waals surface area contributed by atoms with Crippen LogP contribution in [0.25, 0.3) is 0 Å². The van der Waals surface area contributed by atoms with Gasteiger partial charge in [0.1, 0.15) is 0 Å². The fourth-order valence-corrected chi connectivity index (χ4v) is 4.84. The van der Waals surface area contributed by atoms with Crippen LogP contribution in [0, 0.1) is 11.8 Å². The second kappa shape index (κ2) is 8.01. The van der Waals surface area contributed by atoms with Crippen LogP contribution in [0.2, 0.25) is 0 Å².